The van der Waals surface area contributed by atoms with Crippen LogP contribution >= 0.6 is 0 Å². The molecule has 148 valence electrons. The maximum Gasteiger partial charge on any atom is 0.355 e. The van der Waals surface area contributed by atoms with Gasteiger partial charge in [-0.15, -0.1) is 0 Å². The quantitative estimate of drug-likeness (QED) is 0.513. The molecule has 0 radical (unpaired) electrons. The molecular formula is C17H19F2NO7. The highest BCUT2D eigenvalue weighted by Crippen LogP contribution is 2.32. The summed E-state index contributed by atoms with van der Waals surface area (Å²) in [5.41, 5.74) is -0.412. The van der Waals surface area contributed by atoms with Gasteiger partial charge in [-0.3, -0.25) is 0 Å². The fourth-order valence-corrected chi connectivity index (χ4v) is 2.41. The second kappa shape index (κ2) is 9.28. The van der Waals surface area contributed by atoms with E-state index in [0.717, 1.165) is 31.3 Å². The first-order valence-corrected chi connectivity index (χ1v) is 7.80. The maximum atomic E-state index is 14.3. The molecule has 1 aromatic rings. The summed E-state index contributed by atoms with van der Waals surface area (Å²) < 4.78 is 53.0. The molecule has 1 aliphatic rings. The van der Waals surface area contributed by atoms with E-state index in [1.807, 2.05) is 0 Å². The Labute approximate surface area is 154 Å². The summed E-state index contributed by atoms with van der Waals surface area (Å²) in [6.07, 6.45) is 0. The van der Waals surface area contributed by atoms with Gasteiger partial charge in [0.25, 0.3) is 0 Å². The molecule has 0 amide bonds. The lowest BCUT2D eigenvalue weighted by Crippen LogP contribution is -2.38. The highest BCUT2D eigenvalue weighted by atomic mass is 19.1. The van der Waals surface area contributed by atoms with Crippen LogP contribution in [-0.4, -0.2) is 59.8 Å². The second-order valence-electron chi connectivity index (χ2n) is 5.30. The number of hydrogen-bond acceptors (Lipinski definition) is 8. The first-order chi connectivity index (χ1) is 12.9. The Kier molecular flexibility index (Phi) is 7.08. The van der Waals surface area contributed by atoms with Gasteiger partial charge in [0.2, 0.25) is 0 Å². The standard InChI is InChI=1S/C17H19F2NO7/c1-23-4-5-27-15-12(18)6-10(7-13(15)19)20-9-26-8-11(16(21)24-2)14(20)17(22)25-3/h6-7H,4-5,8-9H2,1-3H3. The average molecular weight is 387 g/mol. The van der Waals surface area contributed by atoms with E-state index in [-0.39, 0.29) is 43.5 Å². The Morgan fingerprint density at radius 3 is 2.26 bits per heavy atom. The van der Waals surface area contributed by atoms with Gasteiger partial charge in [0.05, 0.1) is 33.0 Å². The first-order valence-electron chi connectivity index (χ1n) is 7.80. The molecule has 1 aromatic carbocycles. The van der Waals surface area contributed by atoms with Crippen LogP contribution in [0, 0.1) is 11.6 Å². The normalized spacial score (nSPS) is 14.2. The molecule has 0 spiro atoms. The molecule has 27 heavy (non-hydrogen) atoms. The number of carbonyl (C=O) groups excluding carboxylic acids is 2. The summed E-state index contributed by atoms with van der Waals surface area (Å²) >= 11 is 0. The minimum Gasteiger partial charge on any atom is -0.485 e. The van der Waals surface area contributed by atoms with Crippen molar-refractivity contribution in [2.75, 3.05) is 52.8 Å². The number of methoxy groups -OCH3 is 3. The molecule has 0 aliphatic carbocycles. The van der Waals surface area contributed by atoms with Crippen LogP contribution in [-0.2, 0) is 28.5 Å². The summed E-state index contributed by atoms with van der Waals surface area (Å²) in [4.78, 5) is 25.2. The predicted molar refractivity (Wildman–Crippen MR) is 88.1 cm³/mol. The van der Waals surface area contributed by atoms with Crippen LogP contribution in [0.15, 0.2) is 23.4 Å². The molecule has 10 heteroatoms. The Hall–Kier alpha value is -2.72. The van der Waals surface area contributed by atoms with Gasteiger partial charge in [-0.1, -0.05) is 0 Å². The molecule has 0 saturated heterocycles. The number of nitrogens with zero attached hydrogens (tertiary/aromatic N) is 1. The number of benzene rings is 1. The third-order valence-electron chi connectivity index (χ3n) is 3.66. The number of carbonyl (C=O) groups is 2. The molecule has 0 fully saturated rings. The van der Waals surface area contributed by atoms with Gasteiger partial charge in [0.1, 0.15) is 19.0 Å². The van der Waals surface area contributed by atoms with Gasteiger partial charge in [-0.2, -0.15) is 0 Å². The molecule has 0 saturated carbocycles. The van der Waals surface area contributed by atoms with Crippen molar-refractivity contribution in [2.45, 2.75) is 0 Å². The van der Waals surface area contributed by atoms with E-state index in [9.17, 15) is 18.4 Å². The second-order valence-corrected chi connectivity index (χ2v) is 5.30. The van der Waals surface area contributed by atoms with Crippen LogP contribution in [0.4, 0.5) is 14.5 Å². The molecule has 2 rings (SSSR count). The smallest absolute Gasteiger partial charge is 0.355 e. The van der Waals surface area contributed by atoms with E-state index >= 15 is 0 Å². The number of anilines is 1. The molecule has 0 N–H and O–H groups in total. The molecule has 0 aromatic heterocycles. The molecule has 0 bridgehead atoms. The molecule has 1 heterocycles. The van der Waals surface area contributed by atoms with Crippen LogP contribution in [0.1, 0.15) is 0 Å². The van der Waals surface area contributed by atoms with Gasteiger partial charge in [0, 0.05) is 24.9 Å². The van der Waals surface area contributed by atoms with Crippen molar-refractivity contribution in [2.24, 2.45) is 0 Å². The molecule has 0 unspecified atom stereocenters. The van der Waals surface area contributed by atoms with Gasteiger partial charge in [-0.25, -0.2) is 18.4 Å². The Morgan fingerprint density at radius 1 is 1.07 bits per heavy atom. The summed E-state index contributed by atoms with van der Waals surface area (Å²) in [5, 5.41) is 0. The number of rotatable bonds is 7. The van der Waals surface area contributed by atoms with Crippen molar-refractivity contribution in [3.05, 3.63) is 35.0 Å². The molecule has 1 aliphatic heterocycles. The topological polar surface area (TPSA) is 83.5 Å². The Balaban J connectivity index is 2.45. The number of esters is 2. The van der Waals surface area contributed by atoms with Crippen molar-refractivity contribution in [3.8, 4) is 5.75 Å². The van der Waals surface area contributed by atoms with Crippen LogP contribution < -0.4 is 9.64 Å². The van der Waals surface area contributed by atoms with E-state index in [0.29, 0.717) is 0 Å². The van der Waals surface area contributed by atoms with E-state index < -0.39 is 29.3 Å². The predicted octanol–water partition coefficient (Wildman–Crippen LogP) is 1.38. The third-order valence-corrected chi connectivity index (χ3v) is 3.66. The zero-order valence-corrected chi connectivity index (χ0v) is 15.0. The van der Waals surface area contributed by atoms with Crippen LogP contribution in [0.25, 0.3) is 0 Å². The summed E-state index contributed by atoms with van der Waals surface area (Å²) in [6.45, 7) is -0.334. The van der Waals surface area contributed by atoms with Crippen molar-refractivity contribution in [1.29, 1.82) is 0 Å². The fourth-order valence-electron chi connectivity index (χ4n) is 2.41. The zero-order valence-electron chi connectivity index (χ0n) is 15.0. The monoisotopic (exact) mass is 387 g/mol. The largest absolute Gasteiger partial charge is 0.485 e. The zero-order chi connectivity index (χ0) is 20.0. The molecule has 0 atom stereocenters. The lowest BCUT2D eigenvalue weighted by Gasteiger charge is -2.31. The van der Waals surface area contributed by atoms with E-state index in [1.165, 1.54) is 7.11 Å². The van der Waals surface area contributed by atoms with Crippen LogP contribution in [0.5, 0.6) is 5.75 Å². The SMILES string of the molecule is COCCOc1c(F)cc(N2COCC(C(=O)OC)=C2C(=O)OC)cc1F. The minimum absolute atomic E-state index is 0.0453. The highest BCUT2D eigenvalue weighted by molar-refractivity contribution is 6.03. The van der Waals surface area contributed by atoms with Crippen molar-refractivity contribution in [1.82, 2.24) is 0 Å². The van der Waals surface area contributed by atoms with Gasteiger partial charge in [-0.05, 0) is 0 Å². The van der Waals surface area contributed by atoms with E-state index in [1.54, 1.807) is 0 Å². The molecular weight excluding hydrogens is 368 g/mol. The van der Waals surface area contributed by atoms with Crippen molar-refractivity contribution < 1.29 is 42.1 Å². The van der Waals surface area contributed by atoms with Crippen LogP contribution in [0.3, 0.4) is 0 Å². The minimum atomic E-state index is -0.990. The maximum absolute atomic E-state index is 14.3. The Bertz CT molecular complexity index is 728. The average Bonchev–Trinajstić information content (AvgIpc) is 2.68. The lowest BCUT2D eigenvalue weighted by atomic mass is 10.1. The van der Waals surface area contributed by atoms with Crippen molar-refractivity contribution in [3.63, 3.8) is 0 Å². The lowest BCUT2D eigenvalue weighted by molar-refractivity contribution is -0.140. The number of halogens is 2. The first kappa shape index (κ1) is 20.6. The summed E-state index contributed by atoms with van der Waals surface area (Å²) in [5.74, 6) is -4.25. The van der Waals surface area contributed by atoms with Gasteiger partial charge in [0.15, 0.2) is 17.4 Å². The van der Waals surface area contributed by atoms with Crippen LogP contribution in [0.2, 0.25) is 0 Å². The molecule has 8 nitrogen and oxygen atoms in total. The van der Waals surface area contributed by atoms with E-state index in [2.05, 4.69) is 9.47 Å². The van der Waals surface area contributed by atoms with Gasteiger partial charge >= 0.3 is 11.9 Å². The fraction of sp³-hybridized carbons (Fsp3) is 0.412. The highest BCUT2D eigenvalue weighted by Gasteiger charge is 2.33. The Morgan fingerprint density at radius 2 is 1.70 bits per heavy atom. The van der Waals surface area contributed by atoms with Gasteiger partial charge < -0.3 is 28.6 Å². The summed E-state index contributed by atoms with van der Waals surface area (Å²) in [7, 11) is 3.68. The van der Waals surface area contributed by atoms with E-state index in [4.69, 9.17) is 14.2 Å². The number of ether oxygens (including phenoxy) is 5. The third kappa shape index (κ3) is 4.52. The van der Waals surface area contributed by atoms with Crippen molar-refractivity contribution >= 4 is 17.6 Å². The summed E-state index contributed by atoms with van der Waals surface area (Å²) in [6, 6.07) is 1.91. The number of hydrogen-bond donors (Lipinski definition) is 0.